The van der Waals surface area contributed by atoms with Crippen molar-refractivity contribution in [2.75, 3.05) is 11.9 Å². The maximum absolute atomic E-state index is 13.5. The van der Waals surface area contributed by atoms with Gasteiger partial charge in [-0.05, 0) is 18.6 Å². The molecule has 1 aromatic carbocycles. The van der Waals surface area contributed by atoms with Crippen LogP contribution in [0.5, 0.6) is 0 Å². The van der Waals surface area contributed by atoms with Gasteiger partial charge in [0.1, 0.15) is 16.9 Å². The van der Waals surface area contributed by atoms with Gasteiger partial charge in [-0.15, -0.1) is 0 Å². The van der Waals surface area contributed by atoms with Crippen LogP contribution in [0.4, 0.5) is 14.5 Å². The fourth-order valence-electron chi connectivity index (χ4n) is 1.91. The van der Waals surface area contributed by atoms with E-state index in [9.17, 15) is 18.4 Å². The first kappa shape index (κ1) is 17.4. The third kappa shape index (κ3) is 5.02. The van der Waals surface area contributed by atoms with Gasteiger partial charge < -0.3 is 10.6 Å². The van der Waals surface area contributed by atoms with Crippen LogP contribution in [0.3, 0.4) is 0 Å². The lowest BCUT2D eigenvalue weighted by atomic mass is 10.2. The van der Waals surface area contributed by atoms with Crippen molar-refractivity contribution in [3.05, 3.63) is 29.8 Å². The summed E-state index contributed by atoms with van der Waals surface area (Å²) in [6, 6.07) is 2.88. The summed E-state index contributed by atoms with van der Waals surface area (Å²) in [7, 11) is 0. The Morgan fingerprint density at radius 3 is 2.91 bits per heavy atom. The molecule has 0 aromatic heterocycles. The number of unbranched alkanes of at least 4 members (excludes halogenated alkanes) is 1. The van der Waals surface area contributed by atoms with Crippen molar-refractivity contribution in [3.63, 3.8) is 0 Å². The number of nitrogens with zero attached hydrogens (tertiary/aromatic N) is 1. The molecule has 2 rings (SSSR count). The minimum absolute atomic E-state index is 0.111. The molecule has 23 heavy (non-hydrogen) atoms. The van der Waals surface area contributed by atoms with Crippen LogP contribution in [0, 0.1) is 11.6 Å². The van der Waals surface area contributed by atoms with Gasteiger partial charge in [0.05, 0.1) is 5.69 Å². The number of carbonyl (C=O) groups excluding carboxylic acids is 2. The Labute approximate surface area is 136 Å². The Bertz CT molecular complexity index is 637. The average Bonchev–Trinajstić information content (AvgIpc) is 2.82. The molecule has 0 bridgehead atoms. The van der Waals surface area contributed by atoms with Gasteiger partial charge in [-0.3, -0.25) is 14.6 Å². The van der Waals surface area contributed by atoms with Gasteiger partial charge in [0, 0.05) is 19.0 Å². The van der Waals surface area contributed by atoms with Gasteiger partial charge >= 0.3 is 0 Å². The molecular formula is C15H17F2N3O2S. The highest BCUT2D eigenvalue weighted by Crippen LogP contribution is 2.23. The molecule has 2 amide bonds. The Morgan fingerprint density at radius 1 is 1.43 bits per heavy atom. The van der Waals surface area contributed by atoms with Gasteiger partial charge in [0.25, 0.3) is 0 Å². The van der Waals surface area contributed by atoms with Crippen LogP contribution in [0.15, 0.2) is 23.2 Å². The fraction of sp³-hybridized carbons (Fsp3) is 0.400. The minimum Gasteiger partial charge on any atom is -0.324 e. The van der Waals surface area contributed by atoms with Crippen LogP contribution in [0.1, 0.15) is 26.2 Å². The molecule has 1 saturated heterocycles. The van der Waals surface area contributed by atoms with Crippen molar-refractivity contribution in [3.8, 4) is 0 Å². The third-order valence-electron chi connectivity index (χ3n) is 3.12. The van der Waals surface area contributed by atoms with Crippen LogP contribution in [0.25, 0.3) is 0 Å². The lowest BCUT2D eigenvalue weighted by Crippen LogP contribution is -2.28. The first-order valence-electron chi connectivity index (χ1n) is 7.26. The number of anilines is 1. The van der Waals surface area contributed by atoms with Crippen LogP contribution in [-0.2, 0) is 9.59 Å². The maximum atomic E-state index is 13.5. The molecule has 1 aromatic rings. The predicted molar refractivity (Wildman–Crippen MR) is 86.3 cm³/mol. The molecule has 0 aliphatic carbocycles. The van der Waals surface area contributed by atoms with Gasteiger partial charge in [0.2, 0.25) is 11.8 Å². The molecule has 1 aliphatic rings. The van der Waals surface area contributed by atoms with Crippen LogP contribution in [-0.4, -0.2) is 28.8 Å². The van der Waals surface area contributed by atoms with E-state index in [1.54, 1.807) is 0 Å². The summed E-state index contributed by atoms with van der Waals surface area (Å²) in [6.45, 7) is 2.67. The van der Waals surface area contributed by atoms with E-state index >= 15 is 0 Å². The van der Waals surface area contributed by atoms with E-state index in [2.05, 4.69) is 15.6 Å². The first-order chi connectivity index (χ1) is 11.0. The Morgan fingerprint density at radius 2 is 2.22 bits per heavy atom. The number of benzene rings is 1. The summed E-state index contributed by atoms with van der Waals surface area (Å²) in [6.07, 6.45) is 1.82. The first-order valence-corrected chi connectivity index (χ1v) is 8.14. The van der Waals surface area contributed by atoms with Crippen molar-refractivity contribution in [2.24, 2.45) is 4.99 Å². The number of halogens is 2. The standard InChI is InChI=1S/C15H17F2N3O2S/c1-2-3-6-18-15-20-14(22)12(23-15)8-13(21)19-11-5-4-9(16)7-10(11)17/h4-5,7,12H,2-3,6,8H2,1H3,(H,19,21)(H,18,20,22)/t12-/m0/s1. The molecule has 0 spiro atoms. The van der Waals surface area contributed by atoms with Crippen molar-refractivity contribution in [1.82, 2.24) is 5.32 Å². The van der Waals surface area contributed by atoms with Gasteiger partial charge in [-0.1, -0.05) is 25.1 Å². The van der Waals surface area contributed by atoms with Crippen molar-refractivity contribution >= 4 is 34.4 Å². The number of hydrogen-bond acceptors (Lipinski definition) is 4. The number of carbonyl (C=O) groups is 2. The summed E-state index contributed by atoms with van der Waals surface area (Å²) >= 11 is 1.19. The smallest absolute Gasteiger partial charge is 0.240 e. The maximum Gasteiger partial charge on any atom is 0.240 e. The van der Waals surface area contributed by atoms with Crippen molar-refractivity contribution < 1.29 is 18.4 Å². The molecule has 124 valence electrons. The Balaban J connectivity index is 1.90. The highest BCUT2D eigenvalue weighted by Gasteiger charge is 2.32. The zero-order chi connectivity index (χ0) is 16.8. The number of hydrogen-bond donors (Lipinski definition) is 2. The van der Waals surface area contributed by atoms with Crippen LogP contribution in [0.2, 0.25) is 0 Å². The molecule has 1 atom stereocenters. The van der Waals surface area contributed by atoms with E-state index < -0.39 is 22.8 Å². The molecule has 1 aliphatic heterocycles. The molecular weight excluding hydrogens is 324 g/mol. The SMILES string of the molecule is CCCCN=C1NC(=O)[C@H](CC(=O)Nc2ccc(F)cc2F)S1. The molecule has 0 saturated carbocycles. The Kier molecular flexibility index (Phi) is 6.09. The Hall–Kier alpha value is -1.96. The highest BCUT2D eigenvalue weighted by molar-refractivity contribution is 8.15. The number of nitrogens with one attached hydrogen (secondary N) is 2. The molecule has 1 heterocycles. The van der Waals surface area contributed by atoms with Gasteiger partial charge in [-0.25, -0.2) is 8.78 Å². The lowest BCUT2D eigenvalue weighted by Gasteiger charge is -2.08. The van der Waals surface area contributed by atoms with Crippen molar-refractivity contribution in [2.45, 2.75) is 31.4 Å². The predicted octanol–water partition coefficient (Wildman–Crippen LogP) is 2.68. The lowest BCUT2D eigenvalue weighted by molar-refractivity contribution is -0.122. The zero-order valence-corrected chi connectivity index (χ0v) is 13.4. The topological polar surface area (TPSA) is 70.6 Å². The number of amides is 2. The number of aliphatic imine (C=N–C) groups is 1. The van der Waals surface area contributed by atoms with Crippen LogP contribution >= 0.6 is 11.8 Å². The number of rotatable bonds is 6. The highest BCUT2D eigenvalue weighted by atomic mass is 32.2. The van der Waals surface area contributed by atoms with E-state index in [4.69, 9.17) is 0 Å². The number of amidine groups is 1. The van der Waals surface area contributed by atoms with E-state index in [0.29, 0.717) is 17.8 Å². The summed E-state index contributed by atoms with van der Waals surface area (Å²) in [5, 5.41) is 4.87. The average molecular weight is 341 g/mol. The summed E-state index contributed by atoms with van der Waals surface area (Å²) in [5.41, 5.74) is -0.114. The largest absolute Gasteiger partial charge is 0.324 e. The molecule has 5 nitrogen and oxygen atoms in total. The molecule has 1 fully saturated rings. The van der Waals surface area contributed by atoms with Crippen molar-refractivity contribution in [1.29, 1.82) is 0 Å². The van der Waals surface area contributed by atoms with E-state index in [1.807, 2.05) is 6.92 Å². The molecule has 8 heteroatoms. The van der Waals surface area contributed by atoms with E-state index in [1.165, 1.54) is 11.8 Å². The summed E-state index contributed by atoms with van der Waals surface area (Å²) in [5.74, 6) is -2.39. The summed E-state index contributed by atoms with van der Waals surface area (Å²) < 4.78 is 26.3. The second-order valence-electron chi connectivity index (χ2n) is 5.01. The second-order valence-corrected chi connectivity index (χ2v) is 6.20. The monoisotopic (exact) mass is 341 g/mol. The molecule has 2 N–H and O–H groups in total. The van der Waals surface area contributed by atoms with Gasteiger partial charge in [0.15, 0.2) is 5.17 Å². The van der Waals surface area contributed by atoms with Crippen LogP contribution < -0.4 is 10.6 Å². The minimum atomic E-state index is -0.858. The molecule has 0 radical (unpaired) electrons. The summed E-state index contributed by atoms with van der Waals surface area (Å²) in [4.78, 5) is 28.0. The molecule has 0 unspecified atom stereocenters. The number of thioether (sulfide) groups is 1. The third-order valence-corrected chi connectivity index (χ3v) is 4.24. The van der Waals surface area contributed by atoms with E-state index in [-0.39, 0.29) is 18.0 Å². The second kappa shape index (κ2) is 8.05. The van der Waals surface area contributed by atoms with Gasteiger partial charge in [-0.2, -0.15) is 0 Å². The fourth-order valence-corrected chi connectivity index (χ4v) is 2.91. The zero-order valence-electron chi connectivity index (χ0n) is 12.6. The quantitative estimate of drug-likeness (QED) is 0.782. The normalized spacial score (nSPS) is 19.0. The van der Waals surface area contributed by atoms with E-state index in [0.717, 1.165) is 25.0 Å².